The fraction of sp³-hybridized carbons (Fsp3) is 0.320. The maximum atomic E-state index is 13.6. The number of rotatable bonds is 6. The van der Waals surface area contributed by atoms with Crippen LogP contribution in [0.25, 0.3) is 11.0 Å². The molecule has 1 aromatic heterocycles. The summed E-state index contributed by atoms with van der Waals surface area (Å²) in [6.07, 6.45) is 0.610. The summed E-state index contributed by atoms with van der Waals surface area (Å²) in [5, 5.41) is 0.453. The lowest BCUT2D eigenvalue weighted by Gasteiger charge is -2.25. The van der Waals surface area contributed by atoms with E-state index in [1.807, 2.05) is 19.9 Å². The van der Waals surface area contributed by atoms with Gasteiger partial charge in [-0.25, -0.2) is 4.79 Å². The van der Waals surface area contributed by atoms with Crippen LogP contribution in [0.2, 0.25) is 0 Å². The number of methoxy groups -OCH3 is 2. The van der Waals surface area contributed by atoms with E-state index in [0.29, 0.717) is 41.7 Å². The smallest absolute Gasteiger partial charge is 0.337 e. The van der Waals surface area contributed by atoms with Gasteiger partial charge in [0.15, 0.2) is 5.43 Å². The second kappa shape index (κ2) is 8.59. The standard InChI is InChI=1S/C25H25NO6/c1-14-12-18-19(13-15(14)2)32-23-20(22(18)27)21(26(24(23)28)10-5-11-30-3)16-6-8-17(9-7-16)25(29)31-4/h6-9,12-13,21H,5,10-11H2,1-4H3/t21-/m0/s1. The van der Waals surface area contributed by atoms with E-state index in [-0.39, 0.29) is 17.1 Å². The molecule has 2 aromatic carbocycles. The van der Waals surface area contributed by atoms with Gasteiger partial charge in [-0.05, 0) is 61.2 Å². The molecule has 3 aromatic rings. The molecular weight excluding hydrogens is 410 g/mol. The molecular formula is C25H25NO6. The van der Waals surface area contributed by atoms with Crippen LogP contribution in [0.15, 0.2) is 45.6 Å². The van der Waals surface area contributed by atoms with E-state index < -0.39 is 12.0 Å². The number of carbonyl (C=O) groups is 2. The van der Waals surface area contributed by atoms with Crippen molar-refractivity contribution in [3.8, 4) is 0 Å². The maximum absolute atomic E-state index is 13.6. The third-order valence-corrected chi connectivity index (χ3v) is 5.98. The summed E-state index contributed by atoms with van der Waals surface area (Å²) in [5.41, 5.74) is 3.59. The highest BCUT2D eigenvalue weighted by Crippen LogP contribution is 2.38. The quantitative estimate of drug-likeness (QED) is 0.433. The average molecular weight is 435 g/mol. The Kier molecular flexibility index (Phi) is 5.84. The summed E-state index contributed by atoms with van der Waals surface area (Å²) < 4.78 is 15.9. The minimum absolute atomic E-state index is 0.0743. The number of ether oxygens (including phenoxy) is 2. The Morgan fingerprint density at radius 2 is 1.75 bits per heavy atom. The highest BCUT2D eigenvalue weighted by atomic mass is 16.5. The molecule has 0 aliphatic carbocycles. The molecule has 0 unspecified atom stereocenters. The Balaban J connectivity index is 1.89. The van der Waals surface area contributed by atoms with E-state index in [0.717, 1.165) is 16.7 Å². The van der Waals surface area contributed by atoms with Crippen molar-refractivity contribution < 1.29 is 23.5 Å². The van der Waals surface area contributed by atoms with E-state index in [4.69, 9.17) is 13.9 Å². The van der Waals surface area contributed by atoms with Crippen LogP contribution in [-0.2, 0) is 9.47 Å². The molecule has 1 aliphatic rings. The van der Waals surface area contributed by atoms with Crippen molar-refractivity contribution >= 4 is 22.8 Å². The maximum Gasteiger partial charge on any atom is 0.337 e. The Bertz CT molecular complexity index is 1260. The molecule has 4 rings (SSSR count). The van der Waals surface area contributed by atoms with Crippen LogP contribution >= 0.6 is 0 Å². The highest BCUT2D eigenvalue weighted by molar-refractivity contribution is 5.99. The van der Waals surface area contributed by atoms with Crippen molar-refractivity contribution in [3.63, 3.8) is 0 Å². The van der Waals surface area contributed by atoms with E-state index in [1.165, 1.54) is 7.11 Å². The molecule has 0 N–H and O–H groups in total. The van der Waals surface area contributed by atoms with Crippen LogP contribution < -0.4 is 5.43 Å². The molecule has 166 valence electrons. The summed E-state index contributed by atoms with van der Waals surface area (Å²) in [4.78, 5) is 40.4. The highest BCUT2D eigenvalue weighted by Gasteiger charge is 2.42. The number of carbonyl (C=O) groups excluding carboxylic acids is 2. The predicted octanol–water partition coefficient (Wildman–Crippen LogP) is 3.78. The van der Waals surface area contributed by atoms with Crippen molar-refractivity contribution in [1.29, 1.82) is 0 Å². The lowest BCUT2D eigenvalue weighted by molar-refractivity contribution is 0.0599. The van der Waals surface area contributed by atoms with Crippen LogP contribution in [0.1, 0.15) is 55.6 Å². The fourth-order valence-electron chi connectivity index (χ4n) is 4.15. The molecule has 0 saturated heterocycles. The van der Waals surface area contributed by atoms with Gasteiger partial charge in [0.05, 0.1) is 29.7 Å². The third kappa shape index (κ3) is 3.58. The van der Waals surface area contributed by atoms with E-state index in [2.05, 4.69) is 0 Å². The molecule has 0 fully saturated rings. The minimum atomic E-state index is -0.608. The number of nitrogens with zero attached hydrogens (tertiary/aromatic N) is 1. The fourth-order valence-corrected chi connectivity index (χ4v) is 4.15. The van der Waals surface area contributed by atoms with Crippen LogP contribution in [0.3, 0.4) is 0 Å². The first-order valence-electron chi connectivity index (χ1n) is 10.4. The van der Waals surface area contributed by atoms with Crippen molar-refractivity contribution in [2.75, 3.05) is 27.4 Å². The Hall–Kier alpha value is -3.45. The number of hydrogen-bond donors (Lipinski definition) is 0. The van der Waals surface area contributed by atoms with Gasteiger partial charge in [-0.15, -0.1) is 0 Å². The summed E-state index contributed by atoms with van der Waals surface area (Å²) >= 11 is 0. The Labute approximate surface area is 185 Å². The zero-order chi connectivity index (χ0) is 23.0. The molecule has 32 heavy (non-hydrogen) atoms. The third-order valence-electron chi connectivity index (χ3n) is 5.98. The van der Waals surface area contributed by atoms with Crippen molar-refractivity contribution in [3.05, 3.63) is 80.2 Å². The van der Waals surface area contributed by atoms with Gasteiger partial charge < -0.3 is 18.8 Å². The average Bonchev–Trinajstić information content (AvgIpc) is 3.07. The number of benzene rings is 2. The van der Waals surface area contributed by atoms with Gasteiger partial charge in [-0.3, -0.25) is 9.59 Å². The second-order valence-electron chi connectivity index (χ2n) is 7.97. The van der Waals surface area contributed by atoms with Gasteiger partial charge in [0.25, 0.3) is 5.91 Å². The summed E-state index contributed by atoms with van der Waals surface area (Å²) in [6.45, 7) is 4.75. The monoisotopic (exact) mass is 435 g/mol. The van der Waals surface area contributed by atoms with Crippen LogP contribution in [0.5, 0.6) is 0 Å². The predicted molar refractivity (Wildman–Crippen MR) is 119 cm³/mol. The first-order chi connectivity index (χ1) is 15.4. The number of hydrogen-bond acceptors (Lipinski definition) is 6. The van der Waals surface area contributed by atoms with Crippen LogP contribution in [0, 0.1) is 13.8 Å². The van der Waals surface area contributed by atoms with Crippen LogP contribution in [-0.4, -0.2) is 44.1 Å². The molecule has 1 atom stereocenters. The lowest BCUT2D eigenvalue weighted by Crippen LogP contribution is -2.31. The molecule has 7 heteroatoms. The van der Waals surface area contributed by atoms with Crippen LogP contribution in [0.4, 0.5) is 0 Å². The number of fused-ring (bicyclic) bond motifs is 2. The summed E-state index contributed by atoms with van der Waals surface area (Å²) in [6, 6.07) is 9.75. The van der Waals surface area contributed by atoms with Crippen molar-refractivity contribution in [2.24, 2.45) is 0 Å². The number of esters is 1. The molecule has 0 bridgehead atoms. The zero-order valence-corrected chi connectivity index (χ0v) is 18.6. The molecule has 7 nitrogen and oxygen atoms in total. The van der Waals surface area contributed by atoms with E-state index >= 15 is 0 Å². The second-order valence-corrected chi connectivity index (χ2v) is 7.97. The van der Waals surface area contributed by atoms with Gasteiger partial charge in [0.1, 0.15) is 5.58 Å². The largest absolute Gasteiger partial charge is 0.465 e. The van der Waals surface area contributed by atoms with Gasteiger partial charge in [0.2, 0.25) is 5.76 Å². The van der Waals surface area contributed by atoms with Gasteiger partial charge >= 0.3 is 5.97 Å². The van der Waals surface area contributed by atoms with Crippen molar-refractivity contribution in [1.82, 2.24) is 4.90 Å². The SMILES string of the molecule is COCCCN1C(=O)c2oc3cc(C)c(C)cc3c(=O)c2[C@@H]1c1ccc(C(=O)OC)cc1. The molecule has 1 aliphatic heterocycles. The van der Waals surface area contributed by atoms with Crippen molar-refractivity contribution in [2.45, 2.75) is 26.3 Å². The summed E-state index contributed by atoms with van der Waals surface area (Å²) in [5.74, 6) is -0.701. The van der Waals surface area contributed by atoms with E-state index in [1.54, 1.807) is 42.3 Å². The molecule has 0 radical (unpaired) electrons. The normalized spacial score (nSPS) is 15.3. The topological polar surface area (TPSA) is 86.0 Å². The van der Waals surface area contributed by atoms with E-state index in [9.17, 15) is 14.4 Å². The molecule has 0 saturated carbocycles. The molecule has 0 spiro atoms. The number of aryl methyl sites for hydroxylation is 2. The number of amides is 1. The lowest BCUT2D eigenvalue weighted by atomic mass is 9.96. The molecule has 2 heterocycles. The Morgan fingerprint density at radius 1 is 1.06 bits per heavy atom. The van der Waals surface area contributed by atoms with Gasteiger partial charge in [-0.1, -0.05) is 12.1 Å². The minimum Gasteiger partial charge on any atom is -0.465 e. The Morgan fingerprint density at radius 3 is 2.41 bits per heavy atom. The van der Waals surface area contributed by atoms with Gasteiger partial charge in [-0.2, -0.15) is 0 Å². The molecule has 1 amide bonds. The summed E-state index contributed by atoms with van der Waals surface area (Å²) in [7, 11) is 2.92. The van der Waals surface area contributed by atoms with Gasteiger partial charge in [0, 0.05) is 20.3 Å². The zero-order valence-electron chi connectivity index (χ0n) is 18.6. The first-order valence-corrected chi connectivity index (χ1v) is 10.4. The first kappa shape index (κ1) is 21.8.